The molecule has 0 radical (unpaired) electrons. The quantitative estimate of drug-likeness (QED) is 0.861. The van der Waals surface area contributed by atoms with Gasteiger partial charge in [0.15, 0.2) is 0 Å². The molecule has 1 aromatic heterocycles. The van der Waals surface area contributed by atoms with Crippen molar-refractivity contribution in [2.75, 3.05) is 6.54 Å². The Bertz CT molecular complexity index is 432. The third kappa shape index (κ3) is 3.52. The lowest BCUT2D eigenvalue weighted by atomic mass is 10.0. The van der Waals surface area contributed by atoms with Crippen LogP contribution in [-0.2, 0) is 16.1 Å². The van der Waals surface area contributed by atoms with Crippen molar-refractivity contribution in [2.24, 2.45) is 0 Å². The Kier molecular flexibility index (Phi) is 4.48. The van der Waals surface area contributed by atoms with E-state index < -0.39 is 12.0 Å². The van der Waals surface area contributed by atoms with Gasteiger partial charge in [-0.1, -0.05) is 24.5 Å². The molecule has 1 aliphatic rings. The van der Waals surface area contributed by atoms with Crippen LogP contribution in [0.15, 0.2) is 12.4 Å². The van der Waals surface area contributed by atoms with E-state index in [2.05, 4.69) is 10.3 Å². The second-order valence-corrected chi connectivity index (χ2v) is 4.74. The molecule has 1 aromatic rings. The van der Waals surface area contributed by atoms with E-state index in [1.807, 2.05) is 0 Å². The number of aliphatic carboxylic acids is 1. The van der Waals surface area contributed by atoms with Gasteiger partial charge in [-0.15, -0.1) is 5.10 Å². The van der Waals surface area contributed by atoms with Crippen LogP contribution in [0, 0.1) is 0 Å². The number of amides is 1. The zero-order valence-corrected chi connectivity index (χ0v) is 10.7. The summed E-state index contributed by atoms with van der Waals surface area (Å²) in [5, 5.41) is 16.6. The fraction of sp³-hybridized carbons (Fsp3) is 0.667. The van der Waals surface area contributed by atoms with Crippen molar-refractivity contribution < 1.29 is 14.7 Å². The number of nitrogens with zero attached hydrogens (tertiary/aromatic N) is 4. The van der Waals surface area contributed by atoms with E-state index in [-0.39, 0.29) is 12.5 Å². The first-order valence-electron chi connectivity index (χ1n) is 6.55. The summed E-state index contributed by atoms with van der Waals surface area (Å²) in [5.41, 5.74) is 0. The highest BCUT2D eigenvalue weighted by Crippen LogP contribution is 2.17. The van der Waals surface area contributed by atoms with Crippen LogP contribution in [0.4, 0.5) is 0 Å². The van der Waals surface area contributed by atoms with Gasteiger partial charge >= 0.3 is 5.97 Å². The van der Waals surface area contributed by atoms with E-state index in [0.29, 0.717) is 13.0 Å². The van der Waals surface area contributed by atoms with Crippen LogP contribution in [0.25, 0.3) is 0 Å². The Morgan fingerprint density at radius 1 is 1.26 bits per heavy atom. The van der Waals surface area contributed by atoms with Crippen LogP contribution in [-0.4, -0.2) is 49.5 Å². The Balaban J connectivity index is 2.07. The van der Waals surface area contributed by atoms with Gasteiger partial charge in [0.2, 0.25) is 5.91 Å². The molecule has 0 bridgehead atoms. The average molecular weight is 266 g/mol. The summed E-state index contributed by atoms with van der Waals surface area (Å²) in [6, 6.07) is -0.712. The van der Waals surface area contributed by atoms with Crippen LogP contribution in [0.1, 0.15) is 32.1 Å². The first-order valence-corrected chi connectivity index (χ1v) is 6.55. The van der Waals surface area contributed by atoms with E-state index in [0.717, 1.165) is 25.7 Å². The molecule has 19 heavy (non-hydrogen) atoms. The van der Waals surface area contributed by atoms with E-state index in [9.17, 15) is 14.7 Å². The van der Waals surface area contributed by atoms with E-state index >= 15 is 0 Å². The summed E-state index contributed by atoms with van der Waals surface area (Å²) in [6.07, 6.45) is 7.40. The molecule has 1 aliphatic heterocycles. The highest BCUT2D eigenvalue weighted by Gasteiger charge is 2.29. The molecule has 1 atom stereocenters. The van der Waals surface area contributed by atoms with Crippen molar-refractivity contribution in [3.05, 3.63) is 12.4 Å². The molecule has 2 rings (SSSR count). The molecule has 0 aromatic carbocycles. The lowest BCUT2D eigenvalue weighted by molar-refractivity contribution is -0.151. The Morgan fingerprint density at radius 2 is 2.05 bits per heavy atom. The average Bonchev–Trinajstić information content (AvgIpc) is 2.80. The zero-order chi connectivity index (χ0) is 13.7. The molecule has 7 nitrogen and oxygen atoms in total. The van der Waals surface area contributed by atoms with Gasteiger partial charge in [0.1, 0.15) is 12.6 Å². The second-order valence-electron chi connectivity index (χ2n) is 4.74. The van der Waals surface area contributed by atoms with Crippen molar-refractivity contribution in [1.82, 2.24) is 19.9 Å². The summed E-state index contributed by atoms with van der Waals surface area (Å²) in [5.74, 6) is -1.13. The van der Waals surface area contributed by atoms with E-state index in [4.69, 9.17) is 0 Å². The summed E-state index contributed by atoms with van der Waals surface area (Å²) in [6.45, 7) is 0.550. The third-order valence-corrected chi connectivity index (χ3v) is 3.38. The maximum Gasteiger partial charge on any atom is 0.326 e. The first-order chi connectivity index (χ1) is 9.18. The molecule has 7 heteroatoms. The van der Waals surface area contributed by atoms with Gasteiger partial charge in [0, 0.05) is 12.7 Å². The van der Waals surface area contributed by atoms with Gasteiger partial charge in [-0.2, -0.15) is 0 Å². The van der Waals surface area contributed by atoms with Crippen LogP contribution >= 0.6 is 0 Å². The van der Waals surface area contributed by atoms with Crippen molar-refractivity contribution in [3.8, 4) is 0 Å². The van der Waals surface area contributed by atoms with Gasteiger partial charge in [0.25, 0.3) is 0 Å². The molecule has 0 saturated carbocycles. The molecule has 1 saturated heterocycles. The molecular formula is C12H18N4O3. The highest BCUT2D eigenvalue weighted by molar-refractivity contribution is 5.83. The smallest absolute Gasteiger partial charge is 0.326 e. The van der Waals surface area contributed by atoms with E-state index in [1.54, 1.807) is 6.20 Å². The molecule has 1 N–H and O–H groups in total. The van der Waals surface area contributed by atoms with Crippen LogP contribution in [0.5, 0.6) is 0 Å². The van der Waals surface area contributed by atoms with Gasteiger partial charge in [0.05, 0.1) is 6.20 Å². The molecule has 0 aliphatic carbocycles. The maximum atomic E-state index is 12.2. The molecule has 1 amide bonds. The molecule has 1 unspecified atom stereocenters. The predicted octanol–water partition coefficient (Wildman–Crippen LogP) is 0.524. The Labute approximate surface area is 111 Å². The monoisotopic (exact) mass is 266 g/mol. The minimum atomic E-state index is -0.922. The first kappa shape index (κ1) is 13.5. The van der Waals surface area contributed by atoms with Gasteiger partial charge in [-0.05, 0) is 12.8 Å². The van der Waals surface area contributed by atoms with Crippen molar-refractivity contribution in [3.63, 3.8) is 0 Å². The number of rotatable bonds is 3. The number of aromatic nitrogens is 3. The second kappa shape index (κ2) is 6.31. The number of carboxylic acid groups (broad SMARTS) is 1. The number of carboxylic acids is 1. The molecule has 1 fully saturated rings. The SMILES string of the molecule is O=C(O)C1CCCCCCN1C(=O)Cn1ccnn1. The predicted molar refractivity (Wildman–Crippen MR) is 66.2 cm³/mol. The van der Waals surface area contributed by atoms with Crippen molar-refractivity contribution >= 4 is 11.9 Å². The van der Waals surface area contributed by atoms with Gasteiger partial charge < -0.3 is 10.0 Å². The summed E-state index contributed by atoms with van der Waals surface area (Å²) < 4.78 is 1.42. The zero-order valence-electron chi connectivity index (χ0n) is 10.7. The summed E-state index contributed by atoms with van der Waals surface area (Å²) >= 11 is 0. The van der Waals surface area contributed by atoms with Crippen molar-refractivity contribution in [1.29, 1.82) is 0 Å². The summed E-state index contributed by atoms with van der Waals surface area (Å²) in [7, 11) is 0. The number of hydrogen-bond donors (Lipinski definition) is 1. The Hall–Kier alpha value is -1.92. The highest BCUT2D eigenvalue weighted by atomic mass is 16.4. The molecule has 0 spiro atoms. The Morgan fingerprint density at radius 3 is 2.74 bits per heavy atom. The number of hydrogen-bond acceptors (Lipinski definition) is 4. The van der Waals surface area contributed by atoms with Crippen LogP contribution in [0.2, 0.25) is 0 Å². The fourth-order valence-corrected chi connectivity index (χ4v) is 2.39. The van der Waals surface area contributed by atoms with Gasteiger partial charge in [-0.25, -0.2) is 9.48 Å². The van der Waals surface area contributed by atoms with Gasteiger partial charge in [-0.3, -0.25) is 4.79 Å². The minimum absolute atomic E-state index is 0.0454. The summed E-state index contributed by atoms with van der Waals surface area (Å²) in [4.78, 5) is 25.0. The molecule has 104 valence electrons. The number of likely N-dealkylation sites (tertiary alicyclic amines) is 1. The third-order valence-electron chi connectivity index (χ3n) is 3.38. The minimum Gasteiger partial charge on any atom is -0.480 e. The standard InChI is InChI=1S/C12H18N4O3/c17-11(9-15-8-6-13-14-15)16-7-4-2-1-3-5-10(16)12(18)19/h6,8,10H,1-5,7,9H2,(H,18,19). The normalized spacial score (nSPS) is 20.6. The molecule has 2 heterocycles. The van der Waals surface area contributed by atoms with Crippen LogP contribution < -0.4 is 0 Å². The van der Waals surface area contributed by atoms with E-state index in [1.165, 1.54) is 15.8 Å². The largest absolute Gasteiger partial charge is 0.480 e. The number of carbonyl (C=O) groups excluding carboxylic acids is 1. The number of carbonyl (C=O) groups is 2. The molecular weight excluding hydrogens is 248 g/mol. The fourth-order valence-electron chi connectivity index (χ4n) is 2.39. The van der Waals surface area contributed by atoms with Crippen LogP contribution in [0.3, 0.4) is 0 Å². The lowest BCUT2D eigenvalue weighted by Crippen LogP contribution is -2.47. The van der Waals surface area contributed by atoms with Crippen molar-refractivity contribution in [2.45, 2.75) is 44.7 Å². The topological polar surface area (TPSA) is 88.3 Å². The maximum absolute atomic E-state index is 12.2. The lowest BCUT2D eigenvalue weighted by Gasteiger charge is -2.30.